The maximum Gasteiger partial charge on any atom is 0.0643 e. The van der Waals surface area contributed by atoms with Crippen molar-refractivity contribution >= 4 is 5.69 Å². The Kier molecular flexibility index (Phi) is 10.7. The molecule has 0 aliphatic rings. The molecule has 0 aliphatic heterocycles. The van der Waals surface area contributed by atoms with Crippen LogP contribution in [-0.2, 0) is 6.54 Å². The van der Waals surface area contributed by atoms with Crippen molar-refractivity contribution in [3.63, 3.8) is 0 Å². The zero-order chi connectivity index (χ0) is 21.8. The van der Waals surface area contributed by atoms with Crippen LogP contribution < -0.4 is 16.5 Å². The highest BCUT2D eigenvalue weighted by atomic mass is 15.4. The lowest BCUT2D eigenvalue weighted by atomic mass is 9.99. The van der Waals surface area contributed by atoms with E-state index in [1.807, 2.05) is 0 Å². The molecule has 158 valence electrons. The normalized spacial score (nSPS) is 12.2. The summed E-state index contributed by atoms with van der Waals surface area (Å²) < 4.78 is 0. The molecule has 0 saturated carbocycles. The summed E-state index contributed by atoms with van der Waals surface area (Å²) in [6.07, 6.45) is 13.0. The van der Waals surface area contributed by atoms with Crippen LogP contribution in [-0.4, -0.2) is 11.6 Å². The summed E-state index contributed by atoms with van der Waals surface area (Å²) in [5.41, 5.74) is 10.1. The Morgan fingerprint density at radius 3 is 2.38 bits per heavy atom. The van der Waals surface area contributed by atoms with Crippen molar-refractivity contribution < 1.29 is 0 Å². The van der Waals surface area contributed by atoms with E-state index in [9.17, 15) is 0 Å². The van der Waals surface area contributed by atoms with Gasteiger partial charge in [0.25, 0.3) is 0 Å². The molecule has 4 heteroatoms. The van der Waals surface area contributed by atoms with Crippen LogP contribution in [0.15, 0.2) is 60.6 Å². The predicted octanol–water partition coefficient (Wildman–Crippen LogP) is 5.30. The van der Waals surface area contributed by atoms with E-state index in [2.05, 4.69) is 69.0 Å². The summed E-state index contributed by atoms with van der Waals surface area (Å²) in [7, 11) is 0. The van der Waals surface area contributed by atoms with Gasteiger partial charge in [-0.05, 0) is 36.5 Å². The third-order valence-electron chi connectivity index (χ3n) is 5.04. The molecule has 1 unspecified atom stereocenters. The zero-order valence-electron chi connectivity index (χ0n) is 18.5. The largest absolute Gasteiger partial charge is 0.397 e. The van der Waals surface area contributed by atoms with Crippen LogP contribution in [0.1, 0.15) is 58.4 Å². The second kappa shape index (κ2) is 12.7. The van der Waals surface area contributed by atoms with Gasteiger partial charge in [-0.2, -0.15) is 0 Å². The molecule has 1 aromatic carbocycles. The van der Waals surface area contributed by atoms with Gasteiger partial charge in [0.05, 0.1) is 12.2 Å². The fraction of sp³-hybridized carbons (Fsp3) is 0.440. The van der Waals surface area contributed by atoms with E-state index in [1.165, 1.54) is 42.1 Å². The highest BCUT2D eigenvalue weighted by Crippen LogP contribution is 2.27. The van der Waals surface area contributed by atoms with Crippen molar-refractivity contribution in [1.82, 2.24) is 5.01 Å². The average molecular weight is 395 g/mol. The molecule has 0 radical (unpaired) electrons. The molecule has 4 nitrogen and oxygen atoms in total. The molecular weight excluding hydrogens is 356 g/mol. The Balaban J connectivity index is 2.83. The third kappa shape index (κ3) is 8.09. The molecule has 1 atom stereocenters. The lowest BCUT2D eigenvalue weighted by molar-refractivity contribution is 0.384. The second-order valence-corrected chi connectivity index (χ2v) is 7.59. The number of hydrogen-bond donors (Lipinski definition) is 2. The topological polar surface area (TPSA) is 58.5 Å². The van der Waals surface area contributed by atoms with Crippen LogP contribution in [0, 0.1) is 18.3 Å². The molecule has 0 bridgehead atoms. The molecular formula is C25H38N4. The van der Waals surface area contributed by atoms with Gasteiger partial charge in [-0.15, -0.1) is 6.42 Å². The van der Waals surface area contributed by atoms with Gasteiger partial charge in [0.15, 0.2) is 0 Å². The van der Waals surface area contributed by atoms with Gasteiger partial charge in [0.1, 0.15) is 0 Å². The lowest BCUT2D eigenvalue weighted by Gasteiger charge is -2.30. The number of benzene rings is 1. The first-order chi connectivity index (χ1) is 13.8. The van der Waals surface area contributed by atoms with Crippen molar-refractivity contribution in [1.29, 1.82) is 0 Å². The molecule has 29 heavy (non-hydrogen) atoms. The summed E-state index contributed by atoms with van der Waals surface area (Å²) in [4.78, 5) is 2.34. The van der Waals surface area contributed by atoms with Crippen molar-refractivity contribution in [2.24, 2.45) is 17.5 Å². The molecule has 4 N–H and O–H groups in total. The molecule has 0 spiro atoms. The monoisotopic (exact) mass is 394 g/mol. The van der Waals surface area contributed by atoms with E-state index in [-0.39, 0.29) is 0 Å². The van der Waals surface area contributed by atoms with Gasteiger partial charge in [-0.1, -0.05) is 71.2 Å². The summed E-state index contributed by atoms with van der Waals surface area (Å²) in [5.74, 6) is 8.93. The number of anilines is 1. The van der Waals surface area contributed by atoms with Gasteiger partial charge in [0, 0.05) is 29.7 Å². The van der Waals surface area contributed by atoms with Crippen molar-refractivity contribution in [3.8, 4) is 12.3 Å². The second-order valence-electron chi connectivity index (χ2n) is 7.59. The maximum atomic E-state index is 6.03. The van der Waals surface area contributed by atoms with E-state index in [4.69, 9.17) is 18.0 Å². The van der Waals surface area contributed by atoms with E-state index in [0.29, 0.717) is 23.7 Å². The molecule has 0 amide bonds. The maximum absolute atomic E-state index is 6.03. The highest BCUT2D eigenvalue weighted by Gasteiger charge is 2.15. The number of allylic oxidation sites excluding steroid dienone is 2. The fourth-order valence-corrected chi connectivity index (χ4v) is 3.17. The smallest absolute Gasteiger partial charge is 0.0643 e. The van der Waals surface area contributed by atoms with Crippen molar-refractivity contribution in [2.75, 3.05) is 11.4 Å². The van der Waals surface area contributed by atoms with Crippen LogP contribution in [0.3, 0.4) is 0 Å². The number of unbranched alkanes of at least 4 members (excludes halogenated alkanes) is 2. The third-order valence-corrected chi connectivity index (χ3v) is 5.04. The minimum Gasteiger partial charge on any atom is -0.397 e. The number of nitrogens with zero attached hydrogens (tertiary/aromatic N) is 2. The zero-order valence-corrected chi connectivity index (χ0v) is 18.5. The first kappa shape index (κ1) is 24.4. The van der Waals surface area contributed by atoms with Crippen LogP contribution >= 0.6 is 0 Å². The molecule has 1 aromatic rings. The molecule has 0 aliphatic carbocycles. The van der Waals surface area contributed by atoms with Gasteiger partial charge in [-0.3, -0.25) is 0 Å². The van der Waals surface area contributed by atoms with Crippen LogP contribution in [0.4, 0.5) is 5.69 Å². The van der Waals surface area contributed by atoms with Gasteiger partial charge < -0.3 is 15.6 Å². The lowest BCUT2D eigenvalue weighted by Crippen LogP contribution is -2.27. The SMILES string of the molecule is C#CC(=C)/C(N)=C/N(N)Cc1ccc(N(CCC)C(=C)C(C)CCCCC)cc1. The van der Waals surface area contributed by atoms with Crippen molar-refractivity contribution in [3.05, 3.63) is 66.2 Å². The Morgan fingerprint density at radius 2 is 1.83 bits per heavy atom. The summed E-state index contributed by atoms with van der Waals surface area (Å²) in [6, 6.07) is 8.45. The Hall–Kier alpha value is -2.64. The number of nitrogens with two attached hydrogens (primary N) is 2. The Labute approximate surface area is 177 Å². The van der Waals surface area contributed by atoms with Gasteiger partial charge >= 0.3 is 0 Å². The van der Waals surface area contributed by atoms with Crippen LogP contribution in [0.5, 0.6) is 0 Å². The van der Waals surface area contributed by atoms with Gasteiger partial charge in [0.2, 0.25) is 0 Å². The quantitative estimate of drug-likeness (QED) is 0.157. The Morgan fingerprint density at radius 1 is 1.17 bits per heavy atom. The number of rotatable bonds is 13. The number of hydrazine groups is 1. The molecule has 0 saturated heterocycles. The summed E-state index contributed by atoms with van der Waals surface area (Å²) >= 11 is 0. The molecule has 0 fully saturated rings. The van der Waals surface area contributed by atoms with E-state index >= 15 is 0 Å². The van der Waals surface area contributed by atoms with Crippen LogP contribution in [0.25, 0.3) is 0 Å². The molecule has 0 heterocycles. The van der Waals surface area contributed by atoms with E-state index in [1.54, 1.807) is 6.20 Å². The fourth-order valence-electron chi connectivity index (χ4n) is 3.17. The predicted molar refractivity (Wildman–Crippen MR) is 126 cm³/mol. The highest BCUT2D eigenvalue weighted by molar-refractivity contribution is 5.53. The Bertz CT molecular complexity index is 724. The minimum absolute atomic E-state index is 0.397. The minimum atomic E-state index is 0.397. The first-order valence-corrected chi connectivity index (χ1v) is 10.5. The first-order valence-electron chi connectivity index (χ1n) is 10.5. The summed E-state index contributed by atoms with van der Waals surface area (Å²) in [6.45, 7) is 16.3. The number of hydrogen-bond acceptors (Lipinski definition) is 4. The standard InChI is InChI=1S/C25H38N4/c1-7-10-11-12-21(5)22(6)29(17-8-2)24-15-13-23(14-16-24)18-28(27)19-25(26)20(4)9-3/h3,13-16,19,21H,4,6-8,10-12,17-18,26-27H2,1-2,5H3/b25-19-. The van der Waals surface area contributed by atoms with Crippen LogP contribution in [0.2, 0.25) is 0 Å². The van der Waals surface area contributed by atoms with Gasteiger partial charge in [-0.25, -0.2) is 5.84 Å². The number of terminal acetylenes is 1. The van der Waals surface area contributed by atoms with E-state index < -0.39 is 0 Å². The average Bonchev–Trinajstić information content (AvgIpc) is 2.71. The summed E-state index contributed by atoms with van der Waals surface area (Å²) in [5, 5.41) is 1.52. The van der Waals surface area contributed by atoms with E-state index in [0.717, 1.165) is 18.5 Å². The molecule has 1 rings (SSSR count). The molecule has 0 aromatic heterocycles. The van der Waals surface area contributed by atoms with Crippen molar-refractivity contribution in [2.45, 2.75) is 59.4 Å².